The van der Waals surface area contributed by atoms with E-state index in [1.807, 2.05) is 40.9 Å². The monoisotopic (exact) mass is 261 g/mol. The van der Waals surface area contributed by atoms with Crippen LogP contribution in [0.5, 0.6) is 0 Å². The normalized spacial score (nSPS) is 16.1. The number of thioether (sulfide) groups is 1. The van der Waals surface area contributed by atoms with Gasteiger partial charge in [-0.15, -0.1) is 0 Å². The van der Waals surface area contributed by atoms with Crippen LogP contribution in [0, 0.1) is 0 Å². The number of aromatic amines is 1. The van der Waals surface area contributed by atoms with Crippen LogP contribution in [-0.4, -0.2) is 40.4 Å². The lowest BCUT2D eigenvalue weighted by Gasteiger charge is -2.25. The maximum absolute atomic E-state index is 12.3. The average Bonchev–Trinajstić information content (AvgIpc) is 2.81. The fraction of sp³-hybridized carbons (Fsp3) is 0.308. The number of amides is 1. The quantitative estimate of drug-likeness (QED) is 0.771. The third-order valence-corrected chi connectivity index (χ3v) is 4.12. The summed E-state index contributed by atoms with van der Waals surface area (Å²) in [4.78, 5) is 17.4. The number of nitrogens with two attached hydrogens (primary N) is 1. The maximum Gasteiger partial charge on any atom is 0.270 e. The predicted octanol–water partition coefficient (Wildman–Crippen LogP) is 1.94. The van der Waals surface area contributed by atoms with Gasteiger partial charge in [-0.25, -0.2) is 0 Å². The van der Waals surface area contributed by atoms with Crippen molar-refractivity contribution >= 4 is 34.3 Å². The van der Waals surface area contributed by atoms with Gasteiger partial charge >= 0.3 is 0 Å². The molecule has 5 heteroatoms. The lowest BCUT2D eigenvalue weighted by molar-refractivity contribution is 0.0767. The molecular formula is C13H15N3OS. The zero-order chi connectivity index (χ0) is 12.5. The fourth-order valence-corrected chi connectivity index (χ4v) is 3.11. The van der Waals surface area contributed by atoms with E-state index in [0.29, 0.717) is 5.69 Å². The van der Waals surface area contributed by atoms with Crippen molar-refractivity contribution in [3.05, 3.63) is 30.0 Å². The Morgan fingerprint density at radius 2 is 2.06 bits per heavy atom. The number of carbonyl (C=O) groups excluding carboxylic acids is 1. The number of fused-ring (bicyclic) bond motifs is 1. The number of hydrogen-bond donors (Lipinski definition) is 2. The first-order chi connectivity index (χ1) is 8.74. The van der Waals surface area contributed by atoms with E-state index in [0.717, 1.165) is 41.2 Å². The van der Waals surface area contributed by atoms with Gasteiger partial charge in [0.1, 0.15) is 5.69 Å². The smallest absolute Gasteiger partial charge is 0.270 e. The summed E-state index contributed by atoms with van der Waals surface area (Å²) in [5.74, 6) is 2.14. The third kappa shape index (κ3) is 2.06. The summed E-state index contributed by atoms with van der Waals surface area (Å²) < 4.78 is 0. The SMILES string of the molecule is Nc1ccc2[nH]c(C(=O)N3CCSCC3)cc2c1. The zero-order valence-electron chi connectivity index (χ0n) is 9.98. The van der Waals surface area contributed by atoms with Gasteiger partial charge in [-0.2, -0.15) is 11.8 Å². The summed E-state index contributed by atoms with van der Waals surface area (Å²) in [7, 11) is 0. The van der Waals surface area contributed by atoms with Crippen molar-refractivity contribution in [2.45, 2.75) is 0 Å². The van der Waals surface area contributed by atoms with Gasteiger partial charge in [-0.05, 0) is 24.3 Å². The highest BCUT2D eigenvalue weighted by molar-refractivity contribution is 7.99. The molecule has 0 radical (unpaired) electrons. The van der Waals surface area contributed by atoms with Crippen LogP contribution in [0.4, 0.5) is 5.69 Å². The number of hydrogen-bond acceptors (Lipinski definition) is 3. The van der Waals surface area contributed by atoms with Crippen LogP contribution in [0.2, 0.25) is 0 Å². The zero-order valence-corrected chi connectivity index (χ0v) is 10.8. The molecule has 0 bridgehead atoms. The molecule has 3 N–H and O–H groups in total. The van der Waals surface area contributed by atoms with Crippen LogP contribution in [-0.2, 0) is 0 Å². The first kappa shape index (κ1) is 11.5. The molecule has 0 unspecified atom stereocenters. The number of nitrogens with one attached hydrogen (secondary N) is 1. The van der Waals surface area contributed by atoms with Gasteiger partial charge in [0.2, 0.25) is 0 Å². The Labute approximate surface area is 110 Å². The Kier molecular flexibility index (Phi) is 2.91. The Morgan fingerprint density at radius 1 is 1.28 bits per heavy atom. The van der Waals surface area contributed by atoms with Crippen molar-refractivity contribution in [1.82, 2.24) is 9.88 Å². The topological polar surface area (TPSA) is 62.1 Å². The largest absolute Gasteiger partial charge is 0.399 e. The minimum atomic E-state index is 0.0880. The molecule has 0 saturated carbocycles. The Bertz CT molecular complexity index is 587. The van der Waals surface area contributed by atoms with Crippen LogP contribution in [0.3, 0.4) is 0 Å². The summed E-state index contributed by atoms with van der Waals surface area (Å²) >= 11 is 1.90. The minimum absolute atomic E-state index is 0.0880. The molecule has 0 aliphatic carbocycles. The molecule has 4 nitrogen and oxygen atoms in total. The number of anilines is 1. The van der Waals surface area contributed by atoms with E-state index in [1.54, 1.807) is 0 Å². The van der Waals surface area contributed by atoms with E-state index in [1.165, 1.54) is 0 Å². The van der Waals surface area contributed by atoms with Gasteiger partial charge < -0.3 is 15.6 Å². The highest BCUT2D eigenvalue weighted by atomic mass is 32.2. The van der Waals surface area contributed by atoms with Crippen LogP contribution in [0.15, 0.2) is 24.3 Å². The summed E-state index contributed by atoms with van der Waals surface area (Å²) in [6.07, 6.45) is 0. The van der Waals surface area contributed by atoms with Gasteiger partial charge in [0.25, 0.3) is 5.91 Å². The molecular weight excluding hydrogens is 246 g/mol. The van der Waals surface area contributed by atoms with E-state index < -0.39 is 0 Å². The van der Waals surface area contributed by atoms with Crippen LogP contribution in [0.25, 0.3) is 10.9 Å². The number of nitrogen functional groups attached to an aromatic ring is 1. The molecule has 2 aromatic rings. The summed E-state index contributed by atoms with van der Waals surface area (Å²) in [6.45, 7) is 1.67. The molecule has 0 atom stereocenters. The number of aromatic nitrogens is 1. The lowest BCUT2D eigenvalue weighted by Crippen LogP contribution is -2.38. The number of nitrogens with zero attached hydrogens (tertiary/aromatic N) is 1. The lowest BCUT2D eigenvalue weighted by atomic mass is 10.2. The summed E-state index contributed by atoms with van der Waals surface area (Å²) in [5, 5.41) is 0.990. The Hall–Kier alpha value is -1.62. The predicted molar refractivity (Wildman–Crippen MR) is 75.9 cm³/mol. The van der Waals surface area contributed by atoms with E-state index in [4.69, 9.17) is 5.73 Å². The van der Waals surface area contributed by atoms with E-state index >= 15 is 0 Å². The maximum atomic E-state index is 12.3. The molecule has 2 heterocycles. The van der Waals surface area contributed by atoms with E-state index in [2.05, 4.69) is 4.98 Å². The van der Waals surface area contributed by atoms with Gasteiger partial charge in [0, 0.05) is 41.2 Å². The second-order valence-corrected chi connectivity index (χ2v) is 5.66. The Balaban J connectivity index is 1.91. The molecule has 1 fully saturated rings. The fourth-order valence-electron chi connectivity index (χ4n) is 2.20. The Morgan fingerprint density at radius 3 is 2.83 bits per heavy atom. The van der Waals surface area contributed by atoms with Gasteiger partial charge in [0.15, 0.2) is 0 Å². The van der Waals surface area contributed by atoms with Gasteiger partial charge in [-0.3, -0.25) is 4.79 Å². The third-order valence-electron chi connectivity index (χ3n) is 3.17. The number of rotatable bonds is 1. The first-order valence-electron chi connectivity index (χ1n) is 5.99. The molecule has 94 valence electrons. The van der Waals surface area contributed by atoms with Crippen LogP contribution < -0.4 is 5.73 Å². The van der Waals surface area contributed by atoms with Crippen LogP contribution >= 0.6 is 11.8 Å². The van der Waals surface area contributed by atoms with E-state index in [9.17, 15) is 4.79 Å². The second-order valence-electron chi connectivity index (χ2n) is 4.43. The minimum Gasteiger partial charge on any atom is -0.399 e. The number of carbonyl (C=O) groups is 1. The van der Waals surface area contributed by atoms with Gasteiger partial charge in [0.05, 0.1) is 0 Å². The summed E-state index contributed by atoms with van der Waals surface area (Å²) in [6, 6.07) is 7.52. The molecule has 18 heavy (non-hydrogen) atoms. The average molecular weight is 261 g/mol. The van der Waals surface area contributed by atoms with Crippen molar-refractivity contribution in [2.75, 3.05) is 30.3 Å². The van der Waals surface area contributed by atoms with Crippen molar-refractivity contribution in [1.29, 1.82) is 0 Å². The summed E-state index contributed by atoms with van der Waals surface area (Å²) in [5.41, 5.74) is 8.07. The molecule has 0 spiro atoms. The number of benzene rings is 1. The van der Waals surface area contributed by atoms with Crippen molar-refractivity contribution < 1.29 is 4.79 Å². The first-order valence-corrected chi connectivity index (χ1v) is 7.15. The molecule has 1 aromatic carbocycles. The van der Waals surface area contributed by atoms with E-state index in [-0.39, 0.29) is 5.91 Å². The molecule has 1 aliphatic rings. The standard InChI is InChI=1S/C13H15N3OS/c14-10-1-2-11-9(7-10)8-12(15-11)13(17)16-3-5-18-6-4-16/h1-2,7-8,15H,3-6,14H2. The number of H-pyrrole nitrogens is 1. The van der Waals surface area contributed by atoms with Crippen molar-refractivity contribution in [3.63, 3.8) is 0 Å². The second kappa shape index (κ2) is 4.57. The van der Waals surface area contributed by atoms with Crippen LogP contribution in [0.1, 0.15) is 10.5 Å². The van der Waals surface area contributed by atoms with Crippen molar-refractivity contribution in [2.24, 2.45) is 0 Å². The molecule has 1 aromatic heterocycles. The van der Waals surface area contributed by atoms with Crippen molar-refractivity contribution in [3.8, 4) is 0 Å². The highest BCUT2D eigenvalue weighted by Gasteiger charge is 2.19. The molecule has 1 aliphatic heterocycles. The molecule has 1 saturated heterocycles. The molecule has 1 amide bonds. The highest BCUT2D eigenvalue weighted by Crippen LogP contribution is 2.20. The van der Waals surface area contributed by atoms with Gasteiger partial charge in [-0.1, -0.05) is 0 Å². The molecule has 3 rings (SSSR count).